The molecular weight excluding hydrogens is 339 g/mol. The zero-order valence-corrected chi connectivity index (χ0v) is 14.4. The molecule has 0 saturated carbocycles. The van der Waals surface area contributed by atoms with Gasteiger partial charge in [-0.2, -0.15) is 10.5 Å². The number of benzene rings is 1. The van der Waals surface area contributed by atoms with Crippen molar-refractivity contribution in [2.45, 2.75) is 0 Å². The highest BCUT2D eigenvalue weighted by molar-refractivity contribution is 8.52. The number of ether oxygens (including phenoxy) is 3. The molecule has 0 aliphatic rings. The maximum absolute atomic E-state index is 10.0. The summed E-state index contributed by atoms with van der Waals surface area (Å²) < 4.78 is 15.7. The van der Waals surface area contributed by atoms with Crippen LogP contribution in [0.25, 0.3) is 0 Å². The van der Waals surface area contributed by atoms with Crippen LogP contribution >= 0.6 is 19.8 Å². The maximum Gasteiger partial charge on any atom is 0.187 e. The molecule has 0 saturated heterocycles. The lowest BCUT2D eigenvalue weighted by molar-refractivity contribution is -0.112. The molecule has 1 rings (SSSR count). The third-order valence-electron chi connectivity index (χ3n) is 2.54. The van der Waals surface area contributed by atoms with Crippen LogP contribution in [0.3, 0.4) is 0 Å². The van der Waals surface area contributed by atoms with E-state index in [-0.39, 0.29) is 11.8 Å². The smallest absolute Gasteiger partial charge is 0.187 e. The highest BCUT2D eigenvalue weighted by Gasteiger charge is 2.10. The number of carbonyl (C=O) groups excluding carboxylic acids is 1. The van der Waals surface area contributed by atoms with Gasteiger partial charge >= 0.3 is 0 Å². The third kappa shape index (κ3) is 7.51. The van der Waals surface area contributed by atoms with E-state index in [1.165, 1.54) is 5.01 Å². The normalized spacial score (nSPS) is 10.1. The lowest BCUT2D eigenvalue weighted by Crippen LogP contribution is -2.19. The molecule has 23 heavy (non-hydrogen) atoms. The number of aldehydes is 1. The Bertz CT molecular complexity index is 503. The summed E-state index contributed by atoms with van der Waals surface area (Å²) in [6, 6.07) is 6.91. The first-order valence-electron chi connectivity index (χ1n) is 6.67. The summed E-state index contributed by atoms with van der Waals surface area (Å²) >= 11 is 1.12. The van der Waals surface area contributed by atoms with Gasteiger partial charge < -0.3 is 19.0 Å². The molecule has 0 fully saturated rings. The molecule has 1 aromatic rings. The second kappa shape index (κ2) is 12.0. The molecule has 0 spiro atoms. The number of nitrogens with one attached hydrogen (secondary N) is 2. The summed E-state index contributed by atoms with van der Waals surface area (Å²) in [6.45, 7) is 1.66. The molecule has 2 N–H and O–H groups in total. The first kappa shape index (κ1) is 19.5. The van der Waals surface area contributed by atoms with Gasteiger partial charge in [0.15, 0.2) is 5.17 Å². The minimum Gasteiger partial charge on any atom is -0.491 e. The quantitative estimate of drug-likeness (QED) is 0.120. The van der Waals surface area contributed by atoms with E-state index >= 15 is 0 Å². The van der Waals surface area contributed by atoms with Gasteiger partial charge in [0.25, 0.3) is 0 Å². The van der Waals surface area contributed by atoms with E-state index in [9.17, 15) is 4.79 Å². The van der Waals surface area contributed by atoms with Crippen molar-refractivity contribution in [1.29, 1.82) is 10.9 Å². The highest BCUT2D eigenvalue weighted by atomic mass is 32.7. The second-order valence-corrected chi connectivity index (χ2v) is 5.36. The van der Waals surface area contributed by atoms with Gasteiger partial charge in [0.1, 0.15) is 25.2 Å². The molecule has 1 unspecified atom stereocenters. The summed E-state index contributed by atoms with van der Waals surface area (Å²) in [5, 5.41) is 12.3. The van der Waals surface area contributed by atoms with E-state index in [1.807, 2.05) is 0 Å². The van der Waals surface area contributed by atoms with Crippen LogP contribution in [0.4, 0.5) is 5.69 Å². The summed E-state index contributed by atoms with van der Waals surface area (Å²) in [6.07, 6.45) is 0.696. The Kier molecular flexibility index (Phi) is 10.1. The Morgan fingerprint density at radius 1 is 1.22 bits per heavy atom. The Labute approximate surface area is 140 Å². The van der Waals surface area contributed by atoms with Gasteiger partial charge in [0.05, 0.1) is 25.5 Å². The average molecular weight is 358 g/mol. The highest BCUT2D eigenvalue weighted by Crippen LogP contribution is 2.24. The SMILES string of the molecule is N=NN(C(=N)SP)c1ccc(OCCOCCOCC=O)cc1. The van der Waals surface area contributed by atoms with Gasteiger partial charge in [0, 0.05) is 0 Å². The van der Waals surface area contributed by atoms with Crippen LogP contribution < -0.4 is 9.75 Å². The van der Waals surface area contributed by atoms with Crippen molar-refractivity contribution in [2.75, 3.05) is 38.0 Å². The zero-order chi connectivity index (χ0) is 16.9. The van der Waals surface area contributed by atoms with Crippen molar-refractivity contribution in [3.63, 3.8) is 0 Å². The molecule has 10 heteroatoms. The number of hydrogen-bond donors (Lipinski definition) is 2. The number of carbonyl (C=O) groups is 1. The maximum atomic E-state index is 10.0. The van der Waals surface area contributed by atoms with Gasteiger partial charge in [-0.25, -0.2) is 0 Å². The topological polar surface area (TPSA) is 108 Å². The molecule has 0 aromatic heterocycles. The lowest BCUT2D eigenvalue weighted by atomic mass is 10.3. The summed E-state index contributed by atoms with van der Waals surface area (Å²) in [7, 11) is 2.34. The van der Waals surface area contributed by atoms with Crippen LogP contribution in [0.2, 0.25) is 0 Å². The van der Waals surface area contributed by atoms with Crippen LogP contribution in [0.5, 0.6) is 5.75 Å². The lowest BCUT2D eigenvalue weighted by Gasteiger charge is -2.16. The molecule has 8 nitrogen and oxygen atoms in total. The van der Waals surface area contributed by atoms with E-state index in [2.05, 4.69) is 13.7 Å². The van der Waals surface area contributed by atoms with E-state index in [0.29, 0.717) is 44.2 Å². The molecule has 1 aromatic carbocycles. The van der Waals surface area contributed by atoms with Gasteiger partial charge in [-0.3, -0.25) is 5.41 Å². The third-order valence-corrected chi connectivity index (χ3v) is 3.61. The van der Waals surface area contributed by atoms with Crippen molar-refractivity contribution in [3.8, 4) is 5.75 Å². The van der Waals surface area contributed by atoms with Crippen molar-refractivity contribution >= 4 is 37.0 Å². The van der Waals surface area contributed by atoms with E-state index < -0.39 is 0 Å². The Hall–Kier alpha value is -1.54. The first-order chi connectivity index (χ1) is 11.2. The number of rotatable bonds is 11. The number of anilines is 1. The minimum absolute atomic E-state index is 0.0838. The van der Waals surface area contributed by atoms with E-state index in [0.717, 1.165) is 11.4 Å². The van der Waals surface area contributed by atoms with Gasteiger partial charge in [0.2, 0.25) is 0 Å². The van der Waals surface area contributed by atoms with Crippen molar-refractivity contribution in [3.05, 3.63) is 24.3 Å². The van der Waals surface area contributed by atoms with Gasteiger partial charge in [-0.1, -0.05) is 25.0 Å². The fourth-order valence-electron chi connectivity index (χ4n) is 1.52. The largest absolute Gasteiger partial charge is 0.491 e. The molecule has 0 heterocycles. The molecule has 0 amide bonds. The van der Waals surface area contributed by atoms with Crippen LogP contribution in [0, 0.1) is 10.9 Å². The predicted molar refractivity (Wildman–Crippen MR) is 92.3 cm³/mol. The molecule has 0 aliphatic heterocycles. The van der Waals surface area contributed by atoms with Crippen molar-refractivity contribution in [2.24, 2.45) is 5.22 Å². The Morgan fingerprint density at radius 3 is 2.48 bits per heavy atom. The summed E-state index contributed by atoms with van der Waals surface area (Å²) in [4.78, 5) is 10.0. The van der Waals surface area contributed by atoms with Crippen LogP contribution in [0.1, 0.15) is 0 Å². The fraction of sp³-hybridized carbons (Fsp3) is 0.385. The molecule has 1 atom stereocenters. The summed E-state index contributed by atoms with van der Waals surface area (Å²) in [5.74, 6) is 0.657. The zero-order valence-electron chi connectivity index (χ0n) is 12.4. The van der Waals surface area contributed by atoms with Gasteiger partial charge in [-0.05, 0) is 24.3 Å². The number of amidine groups is 1. The molecular formula is C13H19N4O4PS. The number of nitrogens with zero attached hydrogens (tertiary/aromatic N) is 2. The van der Waals surface area contributed by atoms with E-state index in [4.69, 9.17) is 25.2 Å². The molecule has 126 valence electrons. The predicted octanol–water partition coefficient (Wildman–Crippen LogP) is 2.51. The summed E-state index contributed by atoms with van der Waals surface area (Å²) in [5.41, 5.74) is 7.72. The van der Waals surface area contributed by atoms with Crippen molar-refractivity contribution < 1.29 is 19.0 Å². The molecule has 0 radical (unpaired) electrons. The average Bonchev–Trinajstić information content (AvgIpc) is 2.59. The van der Waals surface area contributed by atoms with E-state index in [1.54, 1.807) is 24.3 Å². The Morgan fingerprint density at radius 2 is 1.87 bits per heavy atom. The molecule has 0 aliphatic carbocycles. The second-order valence-electron chi connectivity index (χ2n) is 4.03. The Balaban J connectivity index is 2.30. The minimum atomic E-state index is 0.0838. The van der Waals surface area contributed by atoms with Crippen LogP contribution in [0.15, 0.2) is 29.5 Å². The number of hydrogen-bond acceptors (Lipinski definition) is 8. The standard InChI is InChI=1S/C13H19N4O4PS/c14-13(23-22)17(16-15)11-1-3-12(4-2-11)21-10-9-20-8-7-19-6-5-18/h1-5,14-15H,6-10,22H2. The monoisotopic (exact) mass is 358 g/mol. The van der Waals surface area contributed by atoms with Gasteiger partial charge in [-0.15, -0.1) is 0 Å². The van der Waals surface area contributed by atoms with Crippen LogP contribution in [-0.4, -0.2) is 44.5 Å². The van der Waals surface area contributed by atoms with Crippen LogP contribution in [-0.2, 0) is 14.3 Å². The molecule has 0 bridgehead atoms. The fourth-order valence-corrected chi connectivity index (χ4v) is 2.07. The first-order valence-corrected chi connectivity index (χ1v) is 8.97. The van der Waals surface area contributed by atoms with Crippen molar-refractivity contribution in [1.82, 2.24) is 0 Å².